The summed E-state index contributed by atoms with van der Waals surface area (Å²) in [5, 5.41) is 6.33. The number of rotatable bonds is 8. The van der Waals surface area contributed by atoms with Crippen molar-refractivity contribution in [3.63, 3.8) is 0 Å². The molecule has 0 spiro atoms. The summed E-state index contributed by atoms with van der Waals surface area (Å²) in [7, 11) is 4.53. The van der Waals surface area contributed by atoms with Crippen molar-refractivity contribution < 1.29 is 32.2 Å². The summed E-state index contributed by atoms with van der Waals surface area (Å²) in [6, 6.07) is 3.38. The number of hydrogen-bond donors (Lipinski definition) is 1. The normalized spacial score (nSPS) is 11.5. The smallest absolute Gasteiger partial charge is 0.453 e. The zero-order valence-electron chi connectivity index (χ0n) is 18.8. The molecule has 0 unspecified atom stereocenters. The van der Waals surface area contributed by atoms with Crippen LogP contribution >= 0.6 is 0 Å². The Morgan fingerprint density at radius 3 is 2.27 bits per heavy atom. The Balaban J connectivity index is 1.71. The molecule has 12 heteroatoms. The van der Waals surface area contributed by atoms with E-state index < -0.39 is 12.0 Å². The SMILES string of the molecule is COc1cc(OC)c(OC)cc1CNC(=O)CCc1c(C)nc2nc(C(F)(F)F)nn2c1C. The van der Waals surface area contributed by atoms with Crippen molar-refractivity contribution in [3.05, 3.63) is 40.5 Å². The van der Waals surface area contributed by atoms with Crippen LogP contribution in [0.2, 0.25) is 0 Å². The second kappa shape index (κ2) is 9.51. The number of benzene rings is 1. The molecular weight excluding hydrogens is 443 g/mol. The molecule has 3 rings (SSSR count). The van der Waals surface area contributed by atoms with Crippen molar-refractivity contribution in [2.75, 3.05) is 21.3 Å². The van der Waals surface area contributed by atoms with Crippen molar-refractivity contribution in [1.29, 1.82) is 0 Å². The van der Waals surface area contributed by atoms with Gasteiger partial charge in [-0.15, -0.1) is 5.10 Å². The molecule has 1 amide bonds. The predicted octanol–water partition coefficient (Wildman–Crippen LogP) is 3.03. The minimum Gasteiger partial charge on any atom is -0.496 e. The third kappa shape index (κ3) is 5.10. The molecule has 0 aliphatic heterocycles. The summed E-state index contributed by atoms with van der Waals surface area (Å²) in [6.45, 7) is 3.48. The number of ether oxygens (including phenoxy) is 3. The van der Waals surface area contributed by atoms with Gasteiger partial charge in [0.1, 0.15) is 5.75 Å². The lowest BCUT2D eigenvalue weighted by Gasteiger charge is -2.15. The Bertz CT molecular complexity index is 1180. The first-order valence-corrected chi connectivity index (χ1v) is 9.94. The van der Waals surface area contributed by atoms with E-state index >= 15 is 0 Å². The molecule has 1 N–H and O–H groups in total. The molecule has 0 aliphatic carbocycles. The Morgan fingerprint density at radius 1 is 1.03 bits per heavy atom. The zero-order valence-corrected chi connectivity index (χ0v) is 18.8. The van der Waals surface area contributed by atoms with Crippen molar-refractivity contribution >= 4 is 11.7 Å². The molecule has 0 saturated heterocycles. The van der Waals surface area contributed by atoms with Gasteiger partial charge in [-0.25, -0.2) is 9.50 Å². The maximum absolute atomic E-state index is 12.9. The van der Waals surface area contributed by atoms with Gasteiger partial charge in [0.25, 0.3) is 11.6 Å². The summed E-state index contributed by atoms with van der Waals surface area (Å²) in [4.78, 5) is 20.0. The number of aryl methyl sites for hydroxylation is 2. The number of fused-ring (bicyclic) bond motifs is 1. The maximum atomic E-state index is 12.9. The van der Waals surface area contributed by atoms with Gasteiger partial charge in [0.15, 0.2) is 11.5 Å². The van der Waals surface area contributed by atoms with E-state index in [-0.39, 0.29) is 31.1 Å². The van der Waals surface area contributed by atoms with Crippen LogP contribution < -0.4 is 19.5 Å². The van der Waals surface area contributed by atoms with Gasteiger partial charge in [0.2, 0.25) is 5.91 Å². The molecule has 0 aliphatic rings. The van der Waals surface area contributed by atoms with E-state index in [2.05, 4.69) is 20.4 Å². The lowest BCUT2D eigenvalue weighted by atomic mass is 10.1. The number of halogens is 3. The molecule has 2 aromatic heterocycles. The molecule has 0 bridgehead atoms. The number of methoxy groups -OCH3 is 3. The van der Waals surface area contributed by atoms with Crippen LogP contribution in [0.5, 0.6) is 17.2 Å². The minimum atomic E-state index is -4.67. The molecule has 9 nitrogen and oxygen atoms in total. The van der Waals surface area contributed by atoms with Gasteiger partial charge >= 0.3 is 6.18 Å². The van der Waals surface area contributed by atoms with E-state index in [0.717, 1.165) is 4.52 Å². The van der Waals surface area contributed by atoms with Gasteiger partial charge in [0, 0.05) is 36.0 Å². The fraction of sp³-hybridized carbons (Fsp3) is 0.429. The van der Waals surface area contributed by atoms with Crippen LogP contribution in [0.1, 0.15) is 34.8 Å². The van der Waals surface area contributed by atoms with Gasteiger partial charge in [-0.3, -0.25) is 4.79 Å². The Kier molecular flexibility index (Phi) is 6.94. The summed E-state index contributed by atoms with van der Waals surface area (Å²) >= 11 is 0. The lowest BCUT2D eigenvalue weighted by Crippen LogP contribution is -2.23. The van der Waals surface area contributed by atoms with Gasteiger partial charge < -0.3 is 19.5 Å². The molecule has 0 fully saturated rings. The third-order valence-corrected chi connectivity index (χ3v) is 5.17. The first kappa shape index (κ1) is 24.1. The fourth-order valence-corrected chi connectivity index (χ4v) is 3.44. The second-order valence-electron chi connectivity index (χ2n) is 7.20. The molecule has 2 heterocycles. The number of carbonyl (C=O) groups excluding carboxylic acids is 1. The van der Waals surface area contributed by atoms with E-state index in [0.29, 0.717) is 39.8 Å². The molecule has 3 aromatic rings. The summed E-state index contributed by atoms with van der Waals surface area (Å²) in [6.07, 6.45) is -4.29. The topological polar surface area (TPSA) is 99.9 Å². The van der Waals surface area contributed by atoms with E-state index in [4.69, 9.17) is 14.2 Å². The van der Waals surface area contributed by atoms with Crippen LogP contribution in [0, 0.1) is 13.8 Å². The monoisotopic (exact) mass is 467 g/mol. The van der Waals surface area contributed by atoms with E-state index in [1.807, 2.05) is 0 Å². The Hall–Kier alpha value is -3.57. The van der Waals surface area contributed by atoms with Gasteiger partial charge in [0.05, 0.1) is 21.3 Å². The Morgan fingerprint density at radius 2 is 1.67 bits per heavy atom. The average molecular weight is 467 g/mol. The van der Waals surface area contributed by atoms with Crippen molar-refractivity contribution in [1.82, 2.24) is 24.9 Å². The highest BCUT2D eigenvalue weighted by Crippen LogP contribution is 2.34. The number of hydrogen-bond acceptors (Lipinski definition) is 7. The minimum absolute atomic E-state index is 0.102. The molecule has 0 radical (unpaired) electrons. The molecule has 178 valence electrons. The number of nitrogens with zero attached hydrogens (tertiary/aromatic N) is 4. The highest BCUT2D eigenvalue weighted by Gasteiger charge is 2.37. The highest BCUT2D eigenvalue weighted by atomic mass is 19.4. The molecule has 0 atom stereocenters. The quantitative estimate of drug-likeness (QED) is 0.544. The lowest BCUT2D eigenvalue weighted by molar-refractivity contribution is -0.144. The number of nitrogens with one attached hydrogen (secondary N) is 1. The predicted molar refractivity (Wildman–Crippen MR) is 112 cm³/mol. The van der Waals surface area contributed by atoms with Crippen LogP contribution in [0.15, 0.2) is 12.1 Å². The van der Waals surface area contributed by atoms with Crippen LogP contribution in [-0.4, -0.2) is 46.8 Å². The van der Waals surface area contributed by atoms with E-state index in [1.54, 1.807) is 26.0 Å². The Labute approximate surface area is 187 Å². The molecular formula is C21H24F3N5O4. The standard InChI is InChI=1S/C21H24F3N5O4/c1-11-14(12(2)29-20(26-11)27-19(28-29)21(22,23)24)6-7-18(30)25-10-13-8-16(32-4)17(33-5)9-15(13)31-3/h8-9H,6-7,10H2,1-5H3,(H,25,30). The number of amides is 1. The summed E-state index contributed by atoms with van der Waals surface area (Å²) in [5.41, 5.74) is 2.28. The number of carbonyl (C=O) groups is 1. The van der Waals surface area contributed by atoms with Crippen molar-refractivity contribution in [3.8, 4) is 17.2 Å². The van der Waals surface area contributed by atoms with Crippen molar-refractivity contribution in [2.24, 2.45) is 0 Å². The molecule has 33 heavy (non-hydrogen) atoms. The summed E-state index contributed by atoms with van der Waals surface area (Å²) < 4.78 is 55.8. The average Bonchev–Trinajstić information content (AvgIpc) is 3.21. The van der Waals surface area contributed by atoms with Crippen molar-refractivity contribution in [2.45, 2.75) is 39.4 Å². The first-order valence-electron chi connectivity index (χ1n) is 9.94. The second-order valence-corrected chi connectivity index (χ2v) is 7.20. The fourth-order valence-electron chi connectivity index (χ4n) is 3.44. The third-order valence-electron chi connectivity index (χ3n) is 5.17. The largest absolute Gasteiger partial charge is 0.496 e. The molecule has 0 saturated carbocycles. The number of aromatic nitrogens is 4. The molecule has 1 aromatic carbocycles. The van der Waals surface area contributed by atoms with Gasteiger partial charge in [-0.1, -0.05) is 0 Å². The maximum Gasteiger partial charge on any atom is 0.453 e. The first-order chi connectivity index (χ1) is 15.6. The van der Waals surface area contributed by atoms with Gasteiger partial charge in [-0.2, -0.15) is 18.2 Å². The van der Waals surface area contributed by atoms with Crippen LogP contribution in [0.4, 0.5) is 13.2 Å². The van der Waals surface area contributed by atoms with Crippen LogP contribution in [-0.2, 0) is 23.9 Å². The van der Waals surface area contributed by atoms with Crippen LogP contribution in [0.3, 0.4) is 0 Å². The highest BCUT2D eigenvalue weighted by molar-refractivity contribution is 5.76. The van der Waals surface area contributed by atoms with Gasteiger partial charge in [-0.05, 0) is 31.9 Å². The van der Waals surface area contributed by atoms with E-state index in [9.17, 15) is 18.0 Å². The van der Waals surface area contributed by atoms with Crippen LogP contribution in [0.25, 0.3) is 5.78 Å². The summed E-state index contributed by atoms with van der Waals surface area (Å²) in [5.74, 6) is -0.108. The van der Waals surface area contributed by atoms with E-state index in [1.165, 1.54) is 21.3 Å². The number of alkyl halides is 3. The zero-order chi connectivity index (χ0) is 24.3.